The fraction of sp³-hybridized carbons (Fsp3) is 0.278. The van der Waals surface area contributed by atoms with Gasteiger partial charge in [-0.2, -0.15) is 0 Å². The predicted octanol–water partition coefficient (Wildman–Crippen LogP) is 4.14. The second-order valence-corrected chi connectivity index (χ2v) is 7.79. The molecule has 0 atom stereocenters. The molecule has 2 aromatic heterocycles. The normalized spacial score (nSPS) is 11.3. The molecule has 0 aliphatic carbocycles. The highest BCUT2D eigenvalue weighted by Crippen LogP contribution is 2.25. The Balaban J connectivity index is 1.71. The van der Waals surface area contributed by atoms with E-state index in [1.54, 1.807) is 18.2 Å². The number of nitrogens with one attached hydrogen (secondary N) is 2. The van der Waals surface area contributed by atoms with Crippen LogP contribution in [0.1, 0.15) is 19.2 Å². The van der Waals surface area contributed by atoms with Crippen molar-refractivity contribution in [2.45, 2.75) is 19.9 Å². The highest BCUT2D eigenvalue weighted by atomic mass is 35.5. The Morgan fingerprint density at radius 1 is 1.33 bits per heavy atom. The number of fused-ring (bicyclic) bond motifs is 1. The lowest BCUT2D eigenvalue weighted by Gasteiger charge is -2.20. The Morgan fingerprint density at radius 2 is 2.15 bits per heavy atom. The molecule has 3 aromatic rings. The number of carbonyl (C=O) groups excluding carboxylic acids is 1. The molecule has 6 nitrogen and oxygen atoms in total. The monoisotopic (exact) mass is 424 g/mol. The third-order valence-corrected chi connectivity index (χ3v) is 5.31. The number of benzene rings is 1. The van der Waals surface area contributed by atoms with Crippen LogP contribution in [0.2, 0.25) is 10.0 Å². The number of anilines is 1. The van der Waals surface area contributed by atoms with Crippen molar-refractivity contribution in [3.05, 3.63) is 55.9 Å². The molecule has 1 amide bonds. The van der Waals surface area contributed by atoms with Gasteiger partial charge in [0, 0.05) is 5.02 Å². The van der Waals surface area contributed by atoms with E-state index in [9.17, 15) is 9.59 Å². The van der Waals surface area contributed by atoms with E-state index in [1.807, 2.05) is 23.3 Å². The van der Waals surface area contributed by atoms with Crippen LogP contribution < -0.4 is 10.9 Å². The van der Waals surface area contributed by atoms with E-state index < -0.39 is 0 Å². The number of aromatic amines is 1. The molecule has 0 aliphatic heterocycles. The minimum Gasteiger partial charge on any atom is -0.324 e. The Kier molecular flexibility index (Phi) is 6.49. The summed E-state index contributed by atoms with van der Waals surface area (Å²) in [5.74, 6) is 0.319. The number of halogens is 2. The molecule has 9 heteroatoms. The number of H-pyrrole nitrogens is 1. The maximum atomic E-state index is 12.4. The number of hydrogen-bond acceptors (Lipinski definition) is 5. The van der Waals surface area contributed by atoms with Crippen molar-refractivity contribution >= 4 is 56.3 Å². The van der Waals surface area contributed by atoms with E-state index in [4.69, 9.17) is 23.2 Å². The van der Waals surface area contributed by atoms with E-state index >= 15 is 0 Å². The van der Waals surface area contributed by atoms with Crippen molar-refractivity contribution in [2.75, 3.05) is 18.4 Å². The highest BCUT2D eigenvalue weighted by molar-refractivity contribution is 7.17. The highest BCUT2D eigenvalue weighted by Gasteiger charge is 2.14. The lowest BCUT2D eigenvalue weighted by atomic mass is 10.3. The first-order valence-electron chi connectivity index (χ1n) is 8.40. The molecule has 0 bridgehead atoms. The van der Waals surface area contributed by atoms with Crippen molar-refractivity contribution in [2.24, 2.45) is 0 Å². The number of thiophene rings is 1. The van der Waals surface area contributed by atoms with Crippen LogP contribution in [0, 0.1) is 0 Å². The molecule has 3 rings (SSSR count). The molecular weight excluding hydrogens is 407 g/mol. The van der Waals surface area contributed by atoms with Gasteiger partial charge in [-0.1, -0.05) is 30.1 Å². The molecule has 142 valence electrons. The van der Waals surface area contributed by atoms with Crippen molar-refractivity contribution in [3.63, 3.8) is 0 Å². The molecule has 0 unspecified atom stereocenters. The lowest BCUT2D eigenvalue weighted by Crippen LogP contribution is -2.34. The van der Waals surface area contributed by atoms with Gasteiger partial charge in [0.1, 0.15) is 10.5 Å². The number of carbonyl (C=O) groups is 1. The van der Waals surface area contributed by atoms with Gasteiger partial charge >= 0.3 is 0 Å². The molecule has 27 heavy (non-hydrogen) atoms. The Morgan fingerprint density at radius 3 is 2.93 bits per heavy atom. The van der Waals surface area contributed by atoms with Gasteiger partial charge in [0.05, 0.1) is 29.3 Å². The zero-order chi connectivity index (χ0) is 19.4. The minimum atomic E-state index is -0.216. The maximum absolute atomic E-state index is 12.4. The van der Waals surface area contributed by atoms with Crippen molar-refractivity contribution < 1.29 is 4.79 Å². The van der Waals surface area contributed by atoms with E-state index in [2.05, 4.69) is 15.3 Å². The summed E-state index contributed by atoms with van der Waals surface area (Å²) in [5.41, 5.74) is 0.985. The molecule has 0 aliphatic rings. The van der Waals surface area contributed by atoms with Gasteiger partial charge in [0.2, 0.25) is 5.91 Å². The molecule has 0 saturated heterocycles. The molecule has 0 saturated carbocycles. The topological polar surface area (TPSA) is 78.1 Å². The Bertz CT molecular complexity index is 1020. The van der Waals surface area contributed by atoms with Gasteiger partial charge in [-0.25, -0.2) is 4.98 Å². The van der Waals surface area contributed by atoms with Gasteiger partial charge in [-0.3, -0.25) is 14.5 Å². The second-order valence-electron chi connectivity index (χ2n) is 6.03. The largest absolute Gasteiger partial charge is 0.324 e. The zero-order valence-corrected chi connectivity index (χ0v) is 16.9. The molecule has 0 radical (unpaired) electrons. The van der Waals surface area contributed by atoms with E-state index in [-0.39, 0.29) is 18.0 Å². The molecular formula is C18H18Cl2N4O2S. The fourth-order valence-corrected chi connectivity index (χ4v) is 3.79. The van der Waals surface area contributed by atoms with Crippen LogP contribution in [0.5, 0.6) is 0 Å². The number of rotatable bonds is 7. The smallest absolute Gasteiger partial charge is 0.268 e. The number of hydrogen-bond donors (Lipinski definition) is 2. The Labute approximate surface area is 170 Å². The second kappa shape index (κ2) is 8.84. The SMILES string of the molecule is CCCN(CC(=O)Nc1cc(Cl)ccc1Cl)Cc1nc2ccsc2c(=O)[nH]1. The first-order chi connectivity index (χ1) is 13.0. The van der Waals surface area contributed by atoms with Gasteiger partial charge in [0.25, 0.3) is 5.56 Å². The summed E-state index contributed by atoms with van der Waals surface area (Å²) >= 11 is 13.4. The van der Waals surface area contributed by atoms with Crippen LogP contribution in [-0.4, -0.2) is 33.9 Å². The minimum absolute atomic E-state index is 0.141. The van der Waals surface area contributed by atoms with E-state index in [0.29, 0.717) is 44.9 Å². The summed E-state index contributed by atoms with van der Waals surface area (Å²) in [5, 5.41) is 5.52. The summed E-state index contributed by atoms with van der Waals surface area (Å²) in [4.78, 5) is 33.8. The third-order valence-electron chi connectivity index (χ3n) is 3.85. The lowest BCUT2D eigenvalue weighted by molar-refractivity contribution is -0.117. The molecule has 0 spiro atoms. The average molecular weight is 425 g/mol. The summed E-state index contributed by atoms with van der Waals surface area (Å²) in [6, 6.07) is 6.71. The van der Waals surface area contributed by atoms with Crippen LogP contribution in [0.4, 0.5) is 5.69 Å². The van der Waals surface area contributed by atoms with Crippen LogP contribution in [0.25, 0.3) is 10.2 Å². The van der Waals surface area contributed by atoms with Crippen molar-refractivity contribution in [1.29, 1.82) is 0 Å². The van der Waals surface area contributed by atoms with Crippen LogP contribution in [0.3, 0.4) is 0 Å². The first kappa shape index (κ1) is 19.8. The van der Waals surface area contributed by atoms with Gasteiger partial charge < -0.3 is 10.3 Å². The average Bonchev–Trinajstić information content (AvgIpc) is 3.07. The van der Waals surface area contributed by atoms with Gasteiger partial charge in [-0.05, 0) is 42.6 Å². The van der Waals surface area contributed by atoms with Crippen LogP contribution in [0.15, 0.2) is 34.4 Å². The number of amides is 1. The molecule has 0 fully saturated rings. The summed E-state index contributed by atoms with van der Waals surface area (Å²) in [6.07, 6.45) is 0.857. The standard InChI is InChI=1S/C18H18Cl2N4O2S/c1-2-6-24(9-15-21-13-5-7-27-17(13)18(26)23-15)10-16(25)22-14-8-11(19)3-4-12(14)20/h3-5,7-8H,2,6,9-10H2,1H3,(H,22,25)(H,21,23,26). The van der Waals surface area contributed by atoms with Gasteiger partial charge in [-0.15, -0.1) is 11.3 Å². The molecule has 2 N–H and O–H groups in total. The van der Waals surface area contributed by atoms with Crippen molar-refractivity contribution in [1.82, 2.24) is 14.9 Å². The van der Waals surface area contributed by atoms with Crippen molar-refractivity contribution in [3.8, 4) is 0 Å². The van der Waals surface area contributed by atoms with Gasteiger partial charge in [0.15, 0.2) is 0 Å². The summed E-state index contributed by atoms with van der Waals surface area (Å²) < 4.78 is 0.606. The van der Waals surface area contributed by atoms with E-state index in [1.165, 1.54) is 11.3 Å². The summed E-state index contributed by atoms with van der Waals surface area (Å²) in [7, 11) is 0. The number of aromatic nitrogens is 2. The quantitative estimate of drug-likeness (QED) is 0.597. The van der Waals surface area contributed by atoms with Crippen LogP contribution in [-0.2, 0) is 11.3 Å². The Hall–Kier alpha value is -1.93. The first-order valence-corrected chi connectivity index (χ1v) is 10.0. The number of nitrogens with zero attached hydrogens (tertiary/aromatic N) is 2. The predicted molar refractivity (Wildman–Crippen MR) is 111 cm³/mol. The molecule has 2 heterocycles. The fourth-order valence-electron chi connectivity index (χ4n) is 2.72. The van der Waals surface area contributed by atoms with Crippen LogP contribution >= 0.6 is 34.5 Å². The summed E-state index contributed by atoms with van der Waals surface area (Å²) in [6.45, 7) is 3.21. The zero-order valence-electron chi connectivity index (χ0n) is 14.6. The third kappa shape index (κ3) is 5.07. The van der Waals surface area contributed by atoms with E-state index in [0.717, 1.165) is 6.42 Å². The molecule has 1 aromatic carbocycles. The maximum Gasteiger partial charge on any atom is 0.268 e.